The third-order valence-corrected chi connectivity index (χ3v) is 3.58. The lowest BCUT2D eigenvalue weighted by molar-refractivity contribution is -0.370. The maximum Gasteiger partial charge on any atom is 0.426 e. The molecule has 0 saturated heterocycles. The van der Waals surface area contributed by atoms with E-state index in [1.807, 2.05) is 0 Å². The van der Waals surface area contributed by atoms with E-state index in [0.29, 0.717) is 12.8 Å². The Kier molecular flexibility index (Phi) is 4.56. The lowest BCUT2D eigenvalue weighted by Crippen LogP contribution is -2.56. The van der Waals surface area contributed by atoms with Crippen molar-refractivity contribution in [1.82, 2.24) is 0 Å². The Morgan fingerprint density at radius 2 is 1.28 bits per heavy atom. The van der Waals surface area contributed by atoms with E-state index in [-0.39, 0.29) is 12.3 Å². The monoisotopic (exact) mass is 278 g/mol. The van der Waals surface area contributed by atoms with E-state index in [4.69, 9.17) is 5.11 Å². The highest BCUT2D eigenvalue weighted by atomic mass is 19.4. The van der Waals surface area contributed by atoms with Gasteiger partial charge in [-0.05, 0) is 18.8 Å². The van der Waals surface area contributed by atoms with Crippen LogP contribution in [0.2, 0.25) is 0 Å². The standard InChI is InChI=1S/C11H16F6O/c12-10(13,14)9(18,11(15,16)17)7-6-8-4-2-1-3-5-8/h8,18H,1-7H2. The number of hydrogen-bond donors (Lipinski definition) is 1. The van der Waals surface area contributed by atoms with Gasteiger partial charge < -0.3 is 5.11 Å². The molecule has 18 heavy (non-hydrogen) atoms. The van der Waals surface area contributed by atoms with Crippen LogP contribution < -0.4 is 0 Å². The summed E-state index contributed by atoms with van der Waals surface area (Å²) in [5.41, 5.74) is -4.57. The van der Waals surface area contributed by atoms with Crippen LogP contribution in [0.3, 0.4) is 0 Å². The van der Waals surface area contributed by atoms with E-state index in [0.717, 1.165) is 19.3 Å². The molecule has 1 saturated carbocycles. The van der Waals surface area contributed by atoms with Gasteiger partial charge in [-0.1, -0.05) is 32.1 Å². The van der Waals surface area contributed by atoms with Crippen molar-refractivity contribution in [2.24, 2.45) is 5.92 Å². The van der Waals surface area contributed by atoms with Crippen LogP contribution in [0.5, 0.6) is 0 Å². The maximum absolute atomic E-state index is 12.4. The molecular weight excluding hydrogens is 262 g/mol. The molecule has 1 nitrogen and oxygen atoms in total. The van der Waals surface area contributed by atoms with E-state index in [9.17, 15) is 26.3 Å². The summed E-state index contributed by atoms with van der Waals surface area (Å²) >= 11 is 0. The Hall–Kier alpha value is -0.460. The summed E-state index contributed by atoms with van der Waals surface area (Å²) in [7, 11) is 0. The summed E-state index contributed by atoms with van der Waals surface area (Å²) in [5, 5.41) is 8.96. The van der Waals surface area contributed by atoms with Crippen LogP contribution in [0.15, 0.2) is 0 Å². The molecular formula is C11H16F6O. The van der Waals surface area contributed by atoms with Gasteiger partial charge in [-0.3, -0.25) is 0 Å². The maximum atomic E-state index is 12.4. The molecule has 1 aliphatic carbocycles. The minimum absolute atomic E-state index is 0.144. The Balaban J connectivity index is 2.68. The van der Waals surface area contributed by atoms with Crippen molar-refractivity contribution in [3.8, 4) is 0 Å². The lowest BCUT2D eigenvalue weighted by Gasteiger charge is -2.34. The second-order valence-corrected chi connectivity index (χ2v) is 4.90. The highest BCUT2D eigenvalue weighted by Crippen LogP contribution is 2.47. The molecule has 0 bridgehead atoms. The fourth-order valence-corrected chi connectivity index (χ4v) is 2.33. The zero-order chi connectivity index (χ0) is 14.0. The molecule has 1 aliphatic rings. The summed E-state index contributed by atoms with van der Waals surface area (Å²) < 4.78 is 74.3. The van der Waals surface area contributed by atoms with Gasteiger partial charge in [0.05, 0.1) is 0 Å². The first-order chi connectivity index (χ1) is 8.08. The van der Waals surface area contributed by atoms with Gasteiger partial charge in [-0.2, -0.15) is 26.3 Å². The van der Waals surface area contributed by atoms with Crippen LogP contribution in [-0.4, -0.2) is 23.1 Å². The van der Waals surface area contributed by atoms with Crippen molar-refractivity contribution in [1.29, 1.82) is 0 Å². The van der Waals surface area contributed by atoms with E-state index in [2.05, 4.69) is 0 Å². The Morgan fingerprint density at radius 3 is 1.67 bits per heavy atom. The van der Waals surface area contributed by atoms with Crippen molar-refractivity contribution in [2.45, 2.75) is 62.9 Å². The number of aliphatic hydroxyl groups is 1. The van der Waals surface area contributed by atoms with Crippen LogP contribution in [0.25, 0.3) is 0 Å². The van der Waals surface area contributed by atoms with Gasteiger partial charge in [0, 0.05) is 0 Å². The zero-order valence-electron chi connectivity index (χ0n) is 9.74. The van der Waals surface area contributed by atoms with Crippen LogP contribution in [0.4, 0.5) is 26.3 Å². The third-order valence-electron chi connectivity index (χ3n) is 3.58. The molecule has 0 spiro atoms. The van der Waals surface area contributed by atoms with Crippen LogP contribution >= 0.6 is 0 Å². The lowest BCUT2D eigenvalue weighted by atomic mass is 9.82. The topological polar surface area (TPSA) is 20.2 Å². The molecule has 0 aromatic heterocycles. The molecule has 1 fully saturated rings. The van der Waals surface area contributed by atoms with Crippen molar-refractivity contribution < 1.29 is 31.4 Å². The molecule has 0 radical (unpaired) electrons. The summed E-state index contributed by atoms with van der Waals surface area (Å²) in [6, 6.07) is 0. The van der Waals surface area contributed by atoms with Gasteiger partial charge >= 0.3 is 12.4 Å². The smallest absolute Gasteiger partial charge is 0.374 e. The molecule has 1 N–H and O–H groups in total. The van der Waals surface area contributed by atoms with Crippen molar-refractivity contribution >= 4 is 0 Å². The Bertz CT molecular complexity index is 250. The molecule has 0 aromatic rings. The Labute approximate surface area is 101 Å². The van der Waals surface area contributed by atoms with Crippen molar-refractivity contribution in [2.75, 3.05) is 0 Å². The van der Waals surface area contributed by atoms with Gasteiger partial charge in [0.15, 0.2) is 0 Å². The van der Waals surface area contributed by atoms with Gasteiger partial charge in [0.1, 0.15) is 0 Å². The summed E-state index contributed by atoms with van der Waals surface area (Å²) in [4.78, 5) is 0. The SMILES string of the molecule is OC(CCC1CCCCC1)(C(F)(F)F)C(F)(F)F. The molecule has 7 heteroatoms. The first-order valence-corrected chi connectivity index (χ1v) is 5.94. The highest BCUT2D eigenvalue weighted by molar-refractivity contribution is 4.94. The van der Waals surface area contributed by atoms with Crippen LogP contribution in [-0.2, 0) is 0 Å². The number of halogens is 6. The van der Waals surface area contributed by atoms with E-state index < -0.39 is 24.4 Å². The summed E-state index contributed by atoms with van der Waals surface area (Å²) in [6.45, 7) is 0. The fraction of sp³-hybridized carbons (Fsp3) is 1.00. The predicted octanol–water partition coefficient (Wildman–Crippen LogP) is 4.20. The third kappa shape index (κ3) is 3.30. The normalized spacial score (nSPS) is 20.2. The number of hydrogen-bond acceptors (Lipinski definition) is 1. The average Bonchev–Trinajstić information content (AvgIpc) is 2.24. The molecule has 0 heterocycles. The summed E-state index contributed by atoms with van der Waals surface area (Å²) in [6.07, 6.45) is -8.97. The number of alkyl halides is 6. The molecule has 0 unspecified atom stereocenters. The fourth-order valence-electron chi connectivity index (χ4n) is 2.33. The molecule has 0 amide bonds. The molecule has 0 aromatic carbocycles. The second-order valence-electron chi connectivity index (χ2n) is 4.90. The van der Waals surface area contributed by atoms with Crippen LogP contribution in [0, 0.1) is 5.92 Å². The van der Waals surface area contributed by atoms with Crippen molar-refractivity contribution in [3.63, 3.8) is 0 Å². The molecule has 1 rings (SSSR count). The molecule has 0 atom stereocenters. The van der Waals surface area contributed by atoms with Gasteiger partial charge in [-0.15, -0.1) is 0 Å². The van der Waals surface area contributed by atoms with E-state index >= 15 is 0 Å². The van der Waals surface area contributed by atoms with E-state index in [1.54, 1.807) is 0 Å². The van der Waals surface area contributed by atoms with Gasteiger partial charge in [0.25, 0.3) is 5.60 Å². The van der Waals surface area contributed by atoms with E-state index in [1.165, 1.54) is 0 Å². The highest BCUT2D eigenvalue weighted by Gasteiger charge is 2.69. The quantitative estimate of drug-likeness (QED) is 0.767. The molecule has 108 valence electrons. The Morgan fingerprint density at radius 1 is 0.833 bits per heavy atom. The predicted molar refractivity (Wildman–Crippen MR) is 52.9 cm³/mol. The minimum Gasteiger partial charge on any atom is -0.374 e. The number of rotatable bonds is 3. The average molecular weight is 278 g/mol. The minimum atomic E-state index is -5.68. The largest absolute Gasteiger partial charge is 0.426 e. The molecule has 0 aliphatic heterocycles. The van der Waals surface area contributed by atoms with Crippen molar-refractivity contribution in [3.05, 3.63) is 0 Å². The van der Waals surface area contributed by atoms with Gasteiger partial charge in [0.2, 0.25) is 0 Å². The van der Waals surface area contributed by atoms with Crippen LogP contribution in [0.1, 0.15) is 44.9 Å². The zero-order valence-corrected chi connectivity index (χ0v) is 9.74. The first-order valence-electron chi connectivity index (χ1n) is 5.94. The first kappa shape index (κ1) is 15.6. The second kappa shape index (κ2) is 5.27. The van der Waals surface area contributed by atoms with Gasteiger partial charge in [-0.25, -0.2) is 0 Å². The summed E-state index contributed by atoms with van der Waals surface area (Å²) in [5.74, 6) is -0.144.